The Balaban J connectivity index is 2.92. The molecular weight excluding hydrogens is 284 g/mol. The van der Waals surface area contributed by atoms with Gasteiger partial charge in [0.25, 0.3) is 0 Å². The fourth-order valence-corrected chi connectivity index (χ4v) is 2.10. The molecule has 1 aromatic carbocycles. The second-order valence-electron chi connectivity index (χ2n) is 4.15. The minimum Gasteiger partial charge on any atom is -0.497 e. The summed E-state index contributed by atoms with van der Waals surface area (Å²) in [7, 11) is 3.23. The standard InChI is InChI=1S/C13H19BrO3/c1-4-13(15,9-16-2)8-10-7-11(17-3)5-6-12(10)14/h5-7,15H,4,8-9H2,1-3H3. The van der Waals surface area contributed by atoms with Gasteiger partial charge in [-0.2, -0.15) is 0 Å². The summed E-state index contributed by atoms with van der Waals surface area (Å²) in [6, 6.07) is 5.74. The molecule has 0 saturated carbocycles. The molecule has 0 aliphatic rings. The van der Waals surface area contributed by atoms with E-state index in [4.69, 9.17) is 9.47 Å². The van der Waals surface area contributed by atoms with Crippen LogP contribution in [0.2, 0.25) is 0 Å². The van der Waals surface area contributed by atoms with Crippen LogP contribution in [-0.2, 0) is 11.2 Å². The highest BCUT2D eigenvalue weighted by Gasteiger charge is 2.26. The molecule has 96 valence electrons. The fraction of sp³-hybridized carbons (Fsp3) is 0.538. The summed E-state index contributed by atoms with van der Waals surface area (Å²) in [6.45, 7) is 2.28. The van der Waals surface area contributed by atoms with E-state index in [0.29, 0.717) is 19.4 Å². The van der Waals surface area contributed by atoms with Crippen molar-refractivity contribution < 1.29 is 14.6 Å². The van der Waals surface area contributed by atoms with E-state index in [1.807, 2.05) is 25.1 Å². The van der Waals surface area contributed by atoms with Crippen molar-refractivity contribution in [2.45, 2.75) is 25.4 Å². The largest absolute Gasteiger partial charge is 0.497 e. The number of rotatable bonds is 6. The lowest BCUT2D eigenvalue weighted by atomic mass is 9.92. The van der Waals surface area contributed by atoms with Crippen molar-refractivity contribution in [1.29, 1.82) is 0 Å². The highest BCUT2D eigenvalue weighted by molar-refractivity contribution is 9.10. The van der Waals surface area contributed by atoms with E-state index in [2.05, 4.69) is 15.9 Å². The lowest BCUT2D eigenvalue weighted by Crippen LogP contribution is -2.36. The van der Waals surface area contributed by atoms with Crippen LogP contribution in [0.15, 0.2) is 22.7 Å². The molecule has 0 saturated heterocycles. The van der Waals surface area contributed by atoms with Gasteiger partial charge < -0.3 is 14.6 Å². The van der Waals surface area contributed by atoms with Crippen LogP contribution in [0, 0.1) is 0 Å². The third kappa shape index (κ3) is 3.98. The van der Waals surface area contributed by atoms with Gasteiger partial charge in [-0.1, -0.05) is 22.9 Å². The van der Waals surface area contributed by atoms with Gasteiger partial charge in [0, 0.05) is 18.0 Å². The molecule has 1 unspecified atom stereocenters. The van der Waals surface area contributed by atoms with Crippen LogP contribution < -0.4 is 4.74 Å². The number of hydrogen-bond acceptors (Lipinski definition) is 3. The van der Waals surface area contributed by atoms with Crippen molar-refractivity contribution in [1.82, 2.24) is 0 Å². The monoisotopic (exact) mass is 302 g/mol. The third-order valence-corrected chi connectivity index (χ3v) is 3.62. The molecule has 17 heavy (non-hydrogen) atoms. The predicted octanol–water partition coefficient (Wildman–Crippen LogP) is 2.79. The Hall–Kier alpha value is -0.580. The SMILES string of the molecule is CCC(O)(COC)Cc1cc(OC)ccc1Br. The second-order valence-corrected chi connectivity index (χ2v) is 5.00. The maximum absolute atomic E-state index is 10.4. The first kappa shape index (κ1) is 14.5. The van der Waals surface area contributed by atoms with Gasteiger partial charge in [-0.25, -0.2) is 0 Å². The van der Waals surface area contributed by atoms with Crippen LogP contribution in [0.3, 0.4) is 0 Å². The number of ether oxygens (including phenoxy) is 2. The summed E-state index contributed by atoms with van der Waals surface area (Å²) in [5.41, 5.74) is 0.189. The zero-order valence-electron chi connectivity index (χ0n) is 10.5. The summed E-state index contributed by atoms with van der Waals surface area (Å²) in [5, 5.41) is 10.4. The molecule has 1 rings (SSSR count). The summed E-state index contributed by atoms with van der Waals surface area (Å²) in [5.74, 6) is 0.791. The van der Waals surface area contributed by atoms with Gasteiger partial charge in [-0.15, -0.1) is 0 Å². The smallest absolute Gasteiger partial charge is 0.119 e. The minimum absolute atomic E-state index is 0.327. The van der Waals surface area contributed by atoms with E-state index in [-0.39, 0.29) is 0 Å². The number of hydrogen-bond donors (Lipinski definition) is 1. The van der Waals surface area contributed by atoms with Gasteiger partial charge in [0.15, 0.2) is 0 Å². The first-order valence-corrected chi connectivity index (χ1v) is 6.37. The average Bonchev–Trinajstić information content (AvgIpc) is 2.32. The van der Waals surface area contributed by atoms with Crippen LogP contribution in [-0.4, -0.2) is 31.5 Å². The first-order chi connectivity index (χ1) is 8.04. The molecule has 0 radical (unpaired) electrons. The van der Waals surface area contributed by atoms with Gasteiger partial charge in [0.2, 0.25) is 0 Å². The Labute approximate surface area is 111 Å². The molecule has 0 bridgehead atoms. The second kappa shape index (κ2) is 6.38. The molecule has 0 aromatic heterocycles. The zero-order chi connectivity index (χ0) is 12.9. The topological polar surface area (TPSA) is 38.7 Å². The molecule has 0 spiro atoms. The van der Waals surface area contributed by atoms with E-state index in [9.17, 15) is 5.11 Å². The Morgan fingerprint density at radius 2 is 2.06 bits per heavy atom. The minimum atomic E-state index is -0.830. The van der Waals surface area contributed by atoms with Crippen LogP contribution in [0.25, 0.3) is 0 Å². The number of benzene rings is 1. The quantitative estimate of drug-likeness (QED) is 0.878. The molecule has 1 atom stereocenters. The molecule has 4 heteroatoms. The van der Waals surface area contributed by atoms with Crippen molar-refractivity contribution >= 4 is 15.9 Å². The highest BCUT2D eigenvalue weighted by Crippen LogP contribution is 2.27. The molecule has 1 aromatic rings. The van der Waals surface area contributed by atoms with Crippen LogP contribution in [0.1, 0.15) is 18.9 Å². The Morgan fingerprint density at radius 3 is 2.59 bits per heavy atom. The number of aliphatic hydroxyl groups is 1. The van der Waals surface area contributed by atoms with Crippen LogP contribution in [0.5, 0.6) is 5.75 Å². The molecule has 0 aliphatic heterocycles. The van der Waals surface area contributed by atoms with Gasteiger partial charge >= 0.3 is 0 Å². The van der Waals surface area contributed by atoms with Gasteiger partial charge in [0.1, 0.15) is 5.75 Å². The fourth-order valence-electron chi connectivity index (χ4n) is 1.71. The number of halogens is 1. The van der Waals surface area contributed by atoms with E-state index in [0.717, 1.165) is 15.8 Å². The van der Waals surface area contributed by atoms with Gasteiger partial charge in [0.05, 0.1) is 19.3 Å². The van der Waals surface area contributed by atoms with Crippen molar-refractivity contribution in [3.8, 4) is 5.75 Å². The van der Waals surface area contributed by atoms with Crippen molar-refractivity contribution in [3.05, 3.63) is 28.2 Å². The van der Waals surface area contributed by atoms with Gasteiger partial charge in [-0.3, -0.25) is 0 Å². The van der Waals surface area contributed by atoms with Gasteiger partial charge in [-0.05, 0) is 30.2 Å². The Morgan fingerprint density at radius 1 is 1.35 bits per heavy atom. The normalized spacial score (nSPS) is 14.4. The third-order valence-electron chi connectivity index (χ3n) is 2.84. The molecule has 3 nitrogen and oxygen atoms in total. The molecule has 0 fully saturated rings. The molecule has 0 aliphatic carbocycles. The van der Waals surface area contributed by atoms with Crippen LogP contribution >= 0.6 is 15.9 Å². The Kier molecular flexibility index (Phi) is 5.43. The predicted molar refractivity (Wildman–Crippen MR) is 71.5 cm³/mol. The summed E-state index contributed by atoms with van der Waals surface area (Å²) < 4.78 is 11.2. The number of methoxy groups -OCH3 is 2. The maximum Gasteiger partial charge on any atom is 0.119 e. The Bertz CT molecular complexity index is 368. The van der Waals surface area contributed by atoms with Crippen molar-refractivity contribution in [2.75, 3.05) is 20.8 Å². The van der Waals surface area contributed by atoms with Crippen molar-refractivity contribution in [2.24, 2.45) is 0 Å². The molecular formula is C13H19BrO3. The summed E-state index contributed by atoms with van der Waals surface area (Å²) in [4.78, 5) is 0. The van der Waals surface area contributed by atoms with E-state index in [1.165, 1.54) is 0 Å². The molecule has 0 heterocycles. The zero-order valence-corrected chi connectivity index (χ0v) is 12.1. The lowest BCUT2D eigenvalue weighted by molar-refractivity contribution is -0.0334. The molecule has 0 amide bonds. The van der Waals surface area contributed by atoms with Crippen LogP contribution in [0.4, 0.5) is 0 Å². The van der Waals surface area contributed by atoms with E-state index >= 15 is 0 Å². The van der Waals surface area contributed by atoms with E-state index in [1.54, 1.807) is 14.2 Å². The summed E-state index contributed by atoms with van der Waals surface area (Å²) >= 11 is 3.49. The molecule has 1 N–H and O–H groups in total. The van der Waals surface area contributed by atoms with Crippen molar-refractivity contribution in [3.63, 3.8) is 0 Å². The first-order valence-electron chi connectivity index (χ1n) is 5.58. The highest BCUT2D eigenvalue weighted by atomic mass is 79.9. The summed E-state index contributed by atoms with van der Waals surface area (Å²) in [6.07, 6.45) is 1.18. The lowest BCUT2D eigenvalue weighted by Gasteiger charge is -2.26. The van der Waals surface area contributed by atoms with E-state index < -0.39 is 5.60 Å². The average molecular weight is 303 g/mol. The maximum atomic E-state index is 10.4.